The summed E-state index contributed by atoms with van der Waals surface area (Å²) in [7, 11) is 0. The molecule has 1 unspecified atom stereocenters. The molecule has 0 aliphatic rings. The van der Waals surface area contributed by atoms with Crippen LogP contribution in [0.4, 0.5) is 4.39 Å². The Labute approximate surface area is 138 Å². The Morgan fingerprint density at radius 2 is 2.04 bits per heavy atom. The first kappa shape index (κ1) is 16.1. The third kappa shape index (κ3) is 3.44. The quantitative estimate of drug-likeness (QED) is 0.729. The second-order valence-corrected chi connectivity index (χ2v) is 6.57. The van der Waals surface area contributed by atoms with Gasteiger partial charge in [0, 0.05) is 23.7 Å². The largest absolute Gasteiger partial charge is 0.395 e. The van der Waals surface area contributed by atoms with Crippen LogP contribution in [0.25, 0.3) is 4.96 Å². The monoisotopic (exact) mass is 333 g/mol. The van der Waals surface area contributed by atoms with E-state index in [9.17, 15) is 9.50 Å². The van der Waals surface area contributed by atoms with Crippen LogP contribution < -0.4 is 5.32 Å². The lowest BCUT2D eigenvalue weighted by Crippen LogP contribution is -2.34. The van der Waals surface area contributed by atoms with Crippen LogP contribution in [0, 0.1) is 19.7 Å². The molecular formula is C17H20FN3OS. The van der Waals surface area contributed by atoms with E-state index in [1.165, 1.54) is 17.8 Å². The fraction of sp³-hybridized carbons (Fsp3) is 0.353. The number of halogens is 1. The Hall–Kier alpha value is -1.76. The van der Waals surface area contributed by atoms with E-state index in [1.807, 2.05) is 6.92 Å². The number of aliphatic hydroxyl groups excluding tert-OH is 1. The number of imidazole rings is 1. The lowest BCUT2D eigenvalue weighted by Gasteiger charge is -2.16. The molecule has 0 aliphatic heterocycles. The van der Waals surface area contributed by atoms with Crippen LogP contribution in [-0.2, 0) is 13.0 Å². The Bertz CT molecular complexity index is 794. The SMILES string of the molecule is Cc1nc2scc(C)n2c1CNC(CO)Cc1ccc(F)cc1. The highest BCUT2D eigenvalue weighted by atomic mass is 32.1. The van der Waals surface area contributed by atoms with E-state index >= 15 is 0 Å². The molecule has 3 aromatic rings. The molecule has 2 heterocycles. The van der Waals surface area contributed by atoms with Crippen LogP contribution in [0.2, 0.25) is 0 Å². The first-order chi connectivity index (χ1) is 11.1. The number of hydrogen-bond acceptors (Lipinski definition) is 4. The summed E-state index contributed by atoms with van der Waals surface area (Å²) in [6, 6.07) is 6.33. The molecule has 0 saturated heterocycles. The van der Waals surface area contributed by atoms with Crippen LogP contribution >= 0.6 is 11.3 Å². The van der Waals surface area contributed by atoms with Gasteiger partial charge in [-0.25, -0.2) is 9.37 Å². The van der Waals surface area contributed by atoms with Crippen molar-refractivity contribution in [3.8, 4) is 0 Å². The van der Waals surface area contributed by atoms with Crippen LogP contribution in [0.3, 0.4) is 0 Å². The van der Waals surface area contributed by atoms with Crippen LogP contribution in [-0.4, -0.2) is 27.1 Å². The van der Waals surface area contributed by atoms with Gasteiger partial charge < -0.3 is 10.4 Å². The number of aliphatic hydroxyl groups is 1. The van der Waals surface area contributed by atoms with Gasteiger partial charge in [0.1, 0.15) is 5.82 Å². The van der Waals surface area contributed by atoms with Crippen LogP contribution in [0.1, 0.15) is 22.6 Å². The minimum atomic E-state index is -0.243. The zero-order valence-electron chi connectivity index (χ0n) is 13.2. The molecule has 1 atom stereocenters. The molecule has 0 bridgehead atoms. The standard InChI is InChI=1S/C17H20FN3OS/c1-11-10-23-17-20-12(2)16(21(11)17)8-19-15(9-22)7-13-3-5-14(18)6-4-13/h3-6,10,15,19,22H,7-9H2,1-2H3. The summed E-state index contributed by atoms with van der Waals surface area (Å²) >= 11 is 1.63. The molecule has 0 fully saturated rings. The number of hydrogen-bond donors (Lipinski definition) is 2. The molecule has 2 N–H and O–H groups in total. The first-order valence-corrected chi connectivity index (χ1v) is 8.47. The molecule has 0 aliphatic carbocycles. The normalized spacial score (nSPS) is 12.9. The van der Waals surface area contributed by atoms with Gasteiger partial charge in [-0.1, -0.05) is 12.1 Å². The number of fused-ring (bicyclic) bond motifs is 1. The maximum absolute atomic E-state index is 13.0. The summed E-state index contributed by atoms with van der Waals surface area (Å²) in [5.41, 5.74) is 4.29. The second kappa shape index (κ2) is 6.78. The predicted octanol–water partition coefficient (Wildman–Crippen LogP) is 2.84. The molecule has 122 valence electrons. The van der Waals surface area contributed by atoms with Gasteiger partial charge in [-0.3, -0.25) is 4.40 Å². The summed E-state index contributed by atoms with van der Waals surface area (Å²) in [5.74, 6) is -0.243. The molecular weight excluding hydrogens is 313 g/mol. The Morgan fingerprint density at radius 3 is 2.74 bits per heavy atom. The fourth-order valence-corrected chi connectivity index (χ4v) is 3.65. The van der Waals surface area contributed by atoms with Gasteiger partial charge in [0.15, 0.2) is 4.96 Å². The van der Waals surface area contributed by atoms with Crippen molar-refractivity contribution >= 4 is 16.3 Å². The number of aromatic nitrogens is 2. The van der Waals surface area contributed by atoms with Crippen molar-refractivity contribution in [2.24, 2.45) is 0 Å². The molecule has 1 aromatic carbocycles. The maximum atomic E-state index is 13.0. The van der Waals surface area contributed by atoms with E-state index in [0.717, 1.165) is 21.9 Å². The average Bonchev–Trinajstić information content (AvgIpc) is 3.05. The summed E-state index contributed by atoms with van der Waals surface area (Å²) in [6.07, 6.45) is 0.653. The second-order valence-electron chi connectivity index (χ2n) is 5.73. The molecule has 0 saturated carbocycles. The van der Waals surface area contributed by atoms with E-state index in [2.05, 4.69) is 27.0 Å². The van der Waals surface area contributed by atoms with E-state index in [1.54, 1.807) is 23.5 Å². The summed E-state index contributed by atoms with van der Waals surface area (Å²) in [4.78, 5) is 5.56. The number of nitrogens with one attached hydrogen (secondary N) is 1. The van der Waals surface area contributed by atoms with Crippen LogP contribution in [0.5, 0.6) is 0 Å². The van der Waals surface area contributed by atoms with Crippen molar-refractivity contribution < 1.29 is 9.50 Å². The molecule has 2 aromatic heterocycles. The van der Waals surface area contributed by atoms with Crippen molar-refractivity contribution in [2.45, 2.75) is 32.9 Å². The minimum Gasteiger partial charge on any atom is -0.395 e. The number of thiazole rings is 1. The molecule has 0 amide bonds. The van der Waals surface area contributed by atoms with Gasteiger partial charge in [-0.2, -0.15) is 0 Å². The lowest BCUT2D eigenvalue weighted by molar-refractivity contribution is 0.240. The van der Waals surface area contributed by atoms with Crippen LogP contribution in [0.15, 0.2) is 29.6 Å². The highest BCUT2D eigenvalue weighted by Gasteiger charge is 2.14. The Balaban J connectivity index is 1.70. The predicted molar refractivity (Wildman–Crippen MR) is 90.4 cm³/mol. The third-order valence-electron chi connectivity index (χ3n) is 4.00. The van der Waals surface area contributed by atoms with Crippen molar-refractivity contribution in [1.29, 1.82) is 0 Å². The molecule has 3 rings (SSSR count). The highest BCUT2D eigenvalue weighted by Crippen LogP contribution is 2.20. The topological polar surface area (TPSA) is 49.6 Å². The molecule has 0 spiro atoms. The Kier molecular flexibility index (Phi) is 4.75. The fourth-order valence-electron chi connectivity index (χ4n) is 2.72. The number of aryl methyl sites for hydroxylation is 2. The molecule has 23 heavy (non-hydrogen) atoms. The highest BCUT2D eigenvalue weighted by molar-refractivity contribution is 7.15. The molecule has 6 heteroatoms. The summed E-state index contributed by atoms with van der Waals surface area (Å²) in [6.45, 7) is 4.73. The van der Waals surface area contributed by atoms with Crippen molar-refractivity contribution in [2.75, 3.05) is 6.61 Å². The molecule has 4 nitrogen and oxygen atoms in total. The zero-order valence-corrected chi connectivity index (χ0v) is 14.0. The minimum absolute atomic E-state index is 0.0288. The number of nitrogens with zero attached hydrogens (tertiary/aromatic N) is 2. The summed E-state index contributed by atoms with van der Waals surface area (Å²) in [5, 5.41) is 15.1. The van der Waals surface area contributed by atoms with E-state index in [0.29, 0.717) is 13.0 Å². The van der Waals surface area contributed by atoms with Gasteiger partial charge in [-0.15, -0.1) is 11.3 Å². The summed E-state index contributed by atoms with van der Waals surface area (Å²) < 4.78 is 15.1. The van der Waals surface area contributed by atoms with Crippen molar-refractivity contribution in [3.63, 3.8) is 0 Å². The van der Waals surface area contributed by atoms with Gasteiger partial charge in [0.25, 0.3) is 0 Å². The smallest absolute Gasteiger partial charge is 0.194 e. The number of rotatable bonds is 6. The van der Waals surface area contributed by atoms with Crippen molar-refractivity contribution in [3.05, 3.63) is 58.1 Å². The van der Waals surface area contributed by atoms with E-state index in [-0.39, 0.29) is 18.5 Å². The van der Waals surface area contributed by atoms with Gasteiger partial charge >= 0.3 is 0 Å². The van der Waals surface area contributed by atoms with Crippen molar-refractivity contribution in [1.82, 2.24) is 14.7 Å². The van der Waals surface area contributed by atoms with Gasteiger partial charge in [-0.05, 0) is 38.0 Å². The zero-order chi connectivity index (χ0) is 16.4. The Morgan fingerprint density at radius 1 is 1.30 bits per heavy atom. The average molecular weight is 333 g/mol. The lowest BCUT2D eigenvalue weighted by atomic mass is 10.1. The van der Waals surface area contributed by atoms with E-state index in [4.69, 9.17) is 0 Å². The number of benzene rings is 1. The first-order valence-electron chi connectivity index (χ1n) is 7.59. The third-order valence-corrected chi connectivity index (χ3v) is 4.95. The van der Waals surface area contributed by atoms with E-state index < -0.39 is 0 Å². The maximum Gasteiger partial charge on any atom is 0.194 e. The van der Waals surface area contributed by atoms with Gasteiger partial charge in [0.05, 0.1) is 18.0 Å². The van der Waals surface area contributed by atoms with Gasteiger partial charge in [0.2, 0.25) is 0 Å². The molecule has 0 radical (unpaired) electrons.